The summed E-state index contributed by atoms with van der Waals surface area (Å²) in [7, 11) is -2.69. The Kier molecular flexibility index (Phi) is 6.71. The zero-order valence-electron chi connectivity index (χ0n) is 14.4. The number of carbonyl (C=O) groups excluding carboxylic acids is 2. The van der Waals surface area contributed by atoms with Gasteiger partial charge in [0.15, 0.2) is 0 Å². The van der Waals surface area contributed by atoms with Crippen molar-refractivity contribution in [3.63, 3.8) is 0 Å². The van der Waals surface area contributed by atoms with E-state index in [0.29, 0.717) is 5.56 Å². The summed E-state index contributed by atoms with van der Waals surface area (Å²) in [5.41, 5.74) is 0.389. The molecule has 0 radical (unpaired) electrons. The number of terminal acetylenes is 1. The summed E-state index contributed by atoms with van der Waals surface area (Å²) in [6.45, 7) is -0.185. The molecule has 140 valence electrons. The van der Waals surface area contributed by atoms with E-state index >= 15 is 0 Å². The third-order valence-electron chi connectivity index (χ3n) is 3.49. The van der Waals surface area contributed by atoms with Crippen LogP contribution in [-0.4, -0.2) is 34.0 Å². The third-order valence-corrected chi connectivity index (χ3v) is 4.89. The van der Waals surface area contributed by atoms with Crippen molar-refractivity contribution in [2.45, 2.75) is 11.0 Å². The molecule has 7 nitrogen and oxygen atoms in total. The highest BCUT2D eigenvalue weighted by Gasteiger charge is 2.27. The molecule has 27 heavy (non-hydrogen) atoms. The van der Waals surface area contributed by atoms with Crippen LogP contribution in [0.25, 0.3) is 0 Å². The van der Waals surface area contributed by atoms with Crippen molar-refractivity contribution in [2.24, 2.45) is 0 Å². The smallest absolute Gasteiger partial charge is 0.351 e. The summed E-state index contributed by atoms with van der Waals surface area (Å²) in [4.78, 5) is 24.3. The molecule has 0 saturated heterocycles. The van der Waals surface area contributed by atoms with Gasteiger partial charge in [-0.05, 0) is 18.2 Å². The molecule has 0 aliphatic carbocycles. The lowest BCUT2D eigenvalue weighted by Gasteiger charge is -2.16. The third kappa shape index (κ3) is 5.17. The highest BCUT2D eigenvalue weighted by Crippen LogP contribution is 2.21. The van der Waals surface area contributed by atoms with Gasteiger partial charge in [-0.3, -0.25) is 0 Å². The predicted octanol–water partition coefficient (Wildman–Crippen LogP) is 1.67. The van der Waals surface area contributed by atoms with Gasteiger partial charge in [0.25, 0.3) is 0 Å². The lowest BCUT2D eigenvalue weighted by Crippen LogP contribution is -2.24. The van der Waals surface area contributed by atoms with Crippen molar-refractivity contribution in [3.8, 4) is 12.3 Å². The highest BCUT2D eigenvalue weighted by atomic mass is 32.2. The van der Waals surface area contributed by atoms with Crippen LogP contribution in [0.3, 0.4) is 0 Å². The van der Waals surface area contributed by atoms with Crippen molar-refractivity contribution >= 4 is 22.0 Å². The molecule has 2 aromatic carbocycles. The van der Waals surface area contributed by atoms with Gasteiger partial charge in [0.2, 0.25) is 16.1 Å². The zero-order chi connectivity index (χ0) is 19.9. The van der Waals surface area contributed by atoms with Crippen LogP contribution >= 0.6 is 0 Å². The second kappa shape index (κ2) is 8.98. The maximum absolute atomic E-state index is 12.5. The number of hydrogen-bond acceptors (Lipinski definition) is 6. The van der Waals surface area contributed by atoms with Crippen molar-refractivity contribution < 1.29 is 27.5 Å². The first-order valence-corrected chi connectivity index (χ1v) is 9.24. The summed E-state index contributed by atoms with van der Waals surface area (Å²) >= 11 is 0. The number of methoxy groups -OCH3 is 1. The molecule has 0 aliphatic rings. The molecule has 0 saturated carbocycles. The highest BCUT2D eigenvalue weighted by molar-refractivity contribution is 7.89. The Morgan fingerprint density at radius 3 is 2.48 bits per heavy atom. The molecular formula is C19H17NO6S. The second-order valence-electron chi connectivity index (χ2n) is 5.28. The maximum atomic E-state index is 12.5. The van der Waals surface area contributed by atoms with E-state index in [1.54, 1.807) is 30.3 Å². The van der Waals surface area contributed by atoms with Gasteiger partial charge in [-0.15, -0.1) is 6.42 Å². The minimum absolute atomic E-state index is 0.0385. The van der Waals surface area contributed by atoms with E-state index in [1.165, 1.54) is 25.3 Å². The minimum Gasteiger partial charge on any atom is -0.466 e. The van der Waals surface area contributed by atoms with Crippen molar-refractivity contribution in [3.05, 3.63) is 65.7 Å². The molecule has 0 amide bonds. The molecule has 2 rings (SSSR count). The Morgan fingerprint density at radius 1 is 1.15 bits per heavy atom. The van der Waals surface area contributed by atoms with Gasteiger partial charge >= 0.3 is 11.9 Å². The van der Waals surface area contributed by atoms with Crippen LogP contribution in [0.4, 0.5) is 0 Å². The number of carbonyl (C=O) groups is 2. The van der Waals surface area contributed by atoms with Gasteiger partial charge in [-0.2, -0.15) is 4.72 Å². The van der Waals surface area contributed by atoms with E-state index in [-0.39, 0.29) is 17.0 Å². The average Bonchev–Trinajstić information content (AvgIpc) is 2.70. The SMILES string of the molecule is C#CCNS(=O)(=O)c1cccc(C(=O)OC(C(=O)OC)c2ccccc2)c1. The summed E-state index contributed by atoms with van der Waals surface area (Å²) < 4.78 is 36.4. The van der Waals surface area contributed by atoms with E-state index in [0.717, 1.165) is 6.07 Å². The number of ether oxygens (including phenoxy) is 2. The fourth-order valence-corrected chi connectivity index (χ4v) is 3.15. The Bertz CT molecular complexity index is 963. The monoisotopic (exact) mass is 387 g/mol. The summed E-state index contributed by atoms with van der Waals surface area (Å²) in [6.07, 6.45) is 3.77. The van der Waals surface area contributed by atoms with E-state index in [9.17, 15) is 18.0 Å². The topological polar surface area (TPSA) is 98.8 Å². The fourth-order valence-electron chi connectivity index (χ4n) is 2.17. The van der Waals surface area contributed by atoms with Crippen LogP contribution in [0.1, 0.15) is 22.0 Å². The van der Waals surface area contributed by atoms with Gasteiger partial charge in [-0.1, -0.05) is 42.3 Å². The molecule has 0 fully saturated rings. The van der Waals surface area contributed by atoms with Crippen molar-refractivity contribution in [1.82, 2.24) is 4.72 Å². The van der Waals surface area contributed by atoms with Gasteiger partial charge in [0.1, 0.15) is 0 Å². The van der Waals surface area contributed by atoms with Crippen LogP contribution in [0.5, 0.6) is 0 Å². The number of esters is 2. The van der Waals surface area contributed by atoms with Crippen LogP contribution in [0, 0.1) is 12.3 Å². The Hall–Kier alpha value is -3.15. The molecule has 0 aliphatic heterocycles. The number of sulfonamides is 1. The molecular weight excluding hydrogens is 370 g/mol. The number of hydrogen-bond donors (Lipinski definition) is 1. The largest absolute Gasteiger partial charge is 0.466 e. The minimum atomic E-state index is -3.87. The molecule has 1 N–H and O–H groups in total. The fraction of sp³-hybridized carbons (Fsp3) is 0.158. The average molecular weight is 387 g/mol. The van der Waals surface area contributed by atoms with Crippen LogP contribution in [-0.2, 0) is 24.3 Å². The van der Waals surface area contributed by atoms with Crippen LogP contribution in [0.15, 0.2) is 59.5 Å². The molecule has 2 aromatic rings. The summed E-state index contributed by atoms with van der Waals surface area (Å²) in [5, 5.41) is 0. The van der Waals surface area contributed by atoms with E-state index in [2.05, 4.69) is 15.4 Å². The molecule has 0 heterocycles. The van der Waals surface area contributed by atoms with E-state index in [1.807, 2.05) is 0 Å². The van der Waals surface area contributed by atoms with Gasteiger partial charge in [0.05, 0.1) is 24.1 Å². The standard InChI is InChI=1S/C19H17NO6S/c1-3-12-20-27(23,24)16-11-7-10-15(13-16)18(21)26-17(19(22)25-2)14-8-5-4-6-9-14/h1,4-11,13,17,20H,12H2,2H3. The van der Waals surface area contributed by atoms with Gasteiger partial charge in [-0.25, -0.2) is 18.0 Å². The summed E-state index contributed by atoms with van der Waals surface area (Å²) in [6, 6.07) is 13.5. The molecule has 0 bridgehead atoms. The van der Waals surface area contributed by atoms with E-state index < -0.39 is 28.1 Å². The van der Waals surface area contributed by atoms with Crippen LogP contribution in [0.2, 0.25) is 0 Å². The Morgan fingerprint density at radius 2 is 1.85 bits per heavy atom. The maximum Gasteiger partial charge on any atom is 0.351 e. The van der Waals surface area contributed by atoms with Gasteiger partial charge < -0.3 is 9.47 Å². The Labute approximate surface area is 157 Å². The number of nitrogens with one attached hydrogen (secondary N) is 1. The van der Waals surface area contributed by atoms with E-state index in [4.69, 9.17) is 11.2 Å². The first-order chi connectivity index (χ1) is 12.9. The summed E-state index contributed by atoms with van der Waals surface area (Å²) in [5.74, 6) is 0.533. The van der Waals surface area contributed by atoms with Crippen molar-refractivity contribution in [2.75, 3.05) is 13.7 Å². The predicted molar refractivity (Wildman–Crippen MR) is 97.1 cm³/mol. The molecule has 8 heteroatoms. The second-order valence-corrected chi connectivity index (χ2v) is 7.04. The first kappa shape index (κ1) is 20.2. The molecule has 1 atom stereocenters. The molecule has 1 unspecified atom stereocenters. The molecule has 0 spiro atoms. The van der Waals surface area contributed by atoms with Gasteiger partial charge in [0, 0.05) is 5.56 Å². The number of rotatable bonds is 7. The lowest BCUT2D eigenvalue weighted by atomic mass is 10.1. The molecule has 0 aromatic heterocycles. The first-order valence-electron chi connectivity index (χ1n) is 7.76. The Balaban J connectivity index is 2.28. The van der Waals surface area contributed by atoms with Crippen LogP contribution < -0.4 is 4.72 Å². The normalized spacial score (nSPS) is 11.9. The number of benzene rings is 2. The quantitative estimate of drug-likeness (QED) is 0.573. The lowest BCUT2D eigenvalue weighted by molar-refractivity contribution is -0.151. The van der Waals surface area contributed by atoms with Crippen molar-refractivity contribution in [1.29, 1.82) is 0 Å². The zero-order valence-corrected chi connectivity index (χ0v) is 15.2.